The number of rotatable bonds is 5. The molecule has 5 nitrogen and oxygen atoms in total. The van der Waals surface area contributed by atoms with E-state index in [4.69, 9.17) is 11.6 Å². The molecule has 0 aliphatic rings. The molecule has 1 aromatic heterocycles. The van der Waals surface area contributed by atoms with Gasteiger partial charge in [0.05, 0.1) is 0 Å². The highest BCUT2D eigenvalue weighted by molar-refractivity contribution is 6.31. The van der Waals surface area contributed by atoms with Gasteiger partial charge in [-0.2, -0.15) is 0 Å². The summed E-state index contributed by atoms with van der Waals surface area (Å²) >= 11 is 6.08. The Labute approximate surface area is 153 Å². The van der Waals surface area contributed by atoms with E-state index in [2.05, 4.69) is 20.6 Å². The highest BCUT2D eigenvalue weighted by Crippen LogP contribution is 2.19. The molecule has 1 amide bonds. The molecule has 0 fully saturated rings. The molecule has 0 aliphatic heterocycles. The lowest BCUT2D eigenvalue weighted by Crippen LogP contribution is -2.16. The third-order valence-electron chi connectivity index (χ3n) is 3.52. The van der Waals surface area contributed by atoms with Gasteiger partial charge in [0.2, 0.25) is 0 Å². The zero-order valence-corrected chi connectivity index (χ0v) is 14.1. The van der Waals surface area contributed by atoms with Crippen molar-refractivity contribution < 1.29 is 13.6 Å². The van der Waals surface area contributed by atoms with Crippen LogP contribution >= 0.6 is 11.6 Å². The minimum atomic E-state index is -0.871. The van der Waals surface area contributed by atoms with E-state index in [0.29, 0.717) is 17.4 Å². The Kier molecular flexibility index (Phi) is 5.38. The lowest BCUT2D eigenvalue weighted by molar-refractivity contribution is 0.102. The van der Waals surface area contributed by atoms with Gasteiger partial charge >= 0.3 is 0 Å². The Hall–Kier alpha value is -3.06. The zero-order valence-electron chi connectivity index (χ0n) is 13.3. The maximum absolute atomic E-state index is 13.6. The Morgan fingerprint density at radius 2 is 1.77 bits per heavy atom. The standard InChI is InChI=1S/C18H13ClF2N4O/c19-12-5-2-1-4-11(12)9-22-16-8-15(23-10-24-16)18(26)25-17-13(20)6-3-7-14(17)21/h1-8,10H,9H2,(H,25,26)(H,22,23,24). The van der Waals surface area contributed by atoms with E-state index < -0.39 is 23.2 Å². The second-order valence-corrected chi connectivity index (χ2v) is 5.69. The molecule has 2 aromatic carbocycles. The van der Waals surface area contributed by atoms with Gasteiger partial charge in [0.25, 0.3) is 5.91 Å². The normalized spacial score (nSPS) is 10.4. The average Bonchev–Trinajstić information content (AvgIpc) is 2.64. The van der Waals surface area contributed by atoms with Gasteiger partial charge in [-0.05, 0) is 23.8 Å². The third-order valence-corrected chi connectivity index (χ3v) is 3.89. The molecular formula is C18H13ClF2N4O. The molecule has 3 rings (SSSR count). The predicted molar refractivity (Wildman–Crippen MR) is 95.1 cm³/mol. The van der Waals surface area contributed by atoms with Crippen LogP contribution in [-0.4, -0.2) is 15.9 Å². The van der Waals surface area contributed by atoms with Crippen LogP contribution in [0.2, 0.25) is 5.02 Å². The quantitative estimate of drug-likeness (QED) is 0.699. The largest absolute Gasteiger partial charge is 0.366 e. The fourth-order valence-electron chi connectivity index (χ4n) is 2.20. The third kappa shape index (κ3) is 4.12. The molecule has 8 heteroatoms. The number of halogens is 3. The number of benzene rings is 2. The molecule has 1 heterocycles. The van der Waals surface area contributed by atoms with Crippen LogP contribution in [0.15, 0.2) is 54.9 Å². The van der Waals surface area contributed by atoms with Gasteiger partial charge in [-0.15, -0.1) is 0 Å². The van der Waals surface area contributed by atoms with Crippen molar-refractivity contribution in [1.29, 1.82) is 0 Å². The first kappa shape index (κ1) is 17.8. The van der Waals surface area contributed by atoms with Crippen molar-refractivity contribution in [3.05, 3.63) is 82.8 Å². The van der Waals surface area contributed by atoms with Crippen molar-refractivity contribution in [3.63, 3.8) is 0 Å². The summed E-state index contributed by atoms with van der Waals surface area (Å²) in [6, 6.07) is 12.0. The van der Waals surface area contributed by atoms with Crippen molar-refractivity contribution in [1.82, 2.24) is 9.97 Å². The number of aromatic nitrogens is 2. The number of amides is 1. The van der Waals surface area contributed by atoms with Gasteiger partial charge in [-0.3, -0.25) is 4.79 Å². The summed E-state index contributed by atoms with van der Waals surface area (Å²) in [6.45, 7) is 0.389. The monoisotopic (exact) mass is 374 g/mol. The molecule has 0 spiro atoms. The fraction of sp³-hybridized carbons (Fsp3) is 0.0556. The van der Waals surface area contributed by atoms with E-state index in [9.17, 15) is 13.6 Å². The first-order valence-corrected chi connectivity index (χ1v) is 7.97. The molecule has 0 bridgehead atoms. The maximum atomic E-state index is 13.6. The number of nitrogens with zero attached hydrogens (tertiary/aromatic N) is 2. The summed E-state index contributed by atoms with van der Waals surface area (Å²) in [5, 5.41) is 5.80. The SMILES string of the molecule is O=C(Nc1c(F)cccc1F)c1cc(NCc2ccccc2Cl)ncn1. The highest BCUT2D eigenvalue weighted by atomic mass is 35.5. The van der Waals surface area contributed by atoms with E-state index in [-0.39, 0.29) is 5.69 Å². The van der Waals surface area contributed by atoms with Crippen LogP contribution in [0, 0.1) is 11.6 Å². The van der Waals surface area contributed by atoms with Crippen LogP contribution < -0.4 is 10.6 Å². The molecule has 0 radical (unpaired) electrons. The Bertz CT molecular complexity index is 932. The number of nitrogens with one attached hydrogen (secondary N) is 2. The molecule has 2 N–H and O–H groups in total. The van der Waals surface area contributed by atoms with Crippen LogP contribution in [0.1, 0.15) is 16.1 Å². The van der Waals surface area contributed by atoms with Crippen molar-refractivity contribution in [2.75, 3.05) is 10.6 Å². The van der Waals surface area contributed by atoms with E-state index >= 15 is 0 Å². The topological polar surface area (TPSA) is 66.9 Å². The summed E-state index contributed by atoms with van der Waals surface area (Å²) in [6.07, 6.45) is 1.18. The first-order valence-electron chi connectivity index (χ1n) is 7.59. The Morgan fingerprint density at radius 3 is 2.50 bits per heavy atom. The van der Waals surface area contributed by atoms with Gasteiger partial charge < -0.3 is 10.6 Å². The van der Waals surface area contributed by atoms with E-state index in [1.54, 1.807) is 6.07 Å². The van der Waals surface area contributed by atoms with Crippen molar-refractivity contribution >= 4 is 29.0 Å². The van der Waals surface area contributed by atoms with E-state index in [0.717, 1.165) is 17.7 Å². The second kappa shape index (κ2) is 7.88. The summed E-state index contributed by atoms with van der Waals surface area (Å²) in [5.74, 6) is -2.12. The average molecular weight is 375 g/mol. The zero-order chi connectivity index (χ0) is 18.5. The minimum Gasteiger partial charge on any atom is -0.366 e. The number of carbonyl (C=O) groups is 1. The molecule has 0 aliphatic carbocycles. The Balaban J connectivity index is 1.72. The molecule has 0 unspecified atom stereocenters. The van der Waals surface area contributed by atoms with Crippen LogP contribution in [0.5, 0.6) is 0 Å². The number of para-hydroxylation sites is 1. The molecule has 26 heavy (non-hydrogen) atoms. The molecule has 0 saturated heterocycles. The number of carbonyl (C=O) groups excluding carboxylic acids is 1. The Morgan fingerprint density at radius 1 is 1.04 bits per heavy atom. The van der Waals surface area contributed by atoms with Crippen LogP contribution in [0.3, 0.4) is 0 Å². The molecule has 0 saturated carbocycles. The molecule has 132 valence electrons. The van der Waals surface area contributed by atoms with Crippen molar-refractivity contribution in [2.24, 2.45) is 0 Å². The minimum absolute atomic E-state index is 0.0377. The van der Waals surface area contributed by atoms with E-state index in [1.165, 1.54) is 18.5 Å². The van der Waals surface area contributed by atoms with Crippen LogP contribution in [-0.2, 0) is 6.54 Å². The first-order chi connectivity index (χ1) is 12.5. The summed E-state index contributed by atoms with van der Waals surface area (Å²) < 4.78 is 27.3. The number of hydrogen-bond donors (Lipinski definition) is 2. The molecular weight excluding hydrogens is 362 g/mol. The predicted octanol–water partition coefficient (Wildman–Crippen LogP) is 4.27. The van der Waals surface area contributed by atoms with Crippen LogP contribution in [0.25, 0.3) is 0 Å². The van der Waals surface area contributed by atoms with Crippen molar-refractivity contribution in [2.45, 2.75) is 6.54 Å². The van der Waals surface area contributed by atoms with Gasteiger partial charge in [0.1, 0.15) is 35.2 Å². The number of hydrogen-bond acceptors (Lipinski definition) is 4. The smallest absolute Gasteiger partial charge is 0.274 e. The van der Waals surface area contributed by atoms with Gasteiger partial charge in [0, 0.05) is 17.6 Å². The fourth-order valence-corrected chi connectivity index (χ4v) is 2.40. The van der Waals surface area contributed by atoms with Gasteiger partial charge in [-0.25, -0.2) is 18.7 Å². The number of anilines is 2. The lowest BCUT2D eigenvalue weighted by atomic mass is 10.2. The molecule has 3 aromatic rings. The van der Waals surface area contributed by atoms with E-state index in [1.807, 2.05) is 18.2 Å². The summed E-state index contributed by atoms with van der Waals surface area (Å²) in [4.78, 5) is 20.1. The van der Waals surface area contributed by atoms with Crippen LogP contribution in [0.4, 0.5) is 20.3 Å². The summed E-state index contributed by atoms with van der Waals surface area (Å²) in [7, 11) is 0. The second-order valence-electron chi connectivity index (χ2n) is 5.28. The van der Waals surface area contributed by atoms with Crippen molar-refractivity contribution in [3.8, 4) is 0 Å². The van der Waals surface area contributed by atoms with Gasteiger partial charge in [-0.1, -0.05) is 35.9 Å². The van der Waals surface area contributed by atoms with Gasteiger partial charge in [0.15, 0.2) is 0 Å². The molecule has 0 atom stereocenters. The lowest BCUT2D eigenvalue weighted by Gasteiger charge is -2.09. The maximum Gasteiger partial charge on any atom is 0.274 e. The summed E-state index contributed by atoms with van der Waals surface area (Å²) in [5.41, 5.74) is 0.290. The highest BCUT2D eigenvalue weighted by Gasteiger charge is 2.15.